The molecule has 146 valence electrons. The Morgan fingerprint density at radius 2 is 1.96 bits per heavy atom. The molecule has 1 heterocycles. The molecule has 2 aromatic rings. The predicted octanol–water partition coefficient (Wildman–Crippen LogP) is 1.79. The first-order valence-corrected chi connectivity index (χ1v) is 9.10. The fraction of sp³-hybridized carbons (Fsp3) is 0.421. The van der Waals surface area contributed by atoms with Gasteiger partial charge in [-0.05, 0) is 57.5 Å². The lowest BCUT2D eigenvalue weighted by atomic mass is 10.3. The molecule has 2 rings (SSSR count). The van der Waals surface area contributed by atoms with Gasteiger partial charge >= 0.3 is 0 Å². The summed E-state index contributed by atoms with van der Waals surface area (Å²) in [5.41, 5.74) is 2.80. The Hall–Kier alpha value is -3.03. The second kappa shape index (κ2) is 10.2. The molecule has 0 aliphatic rings. The standard InChI is InChI=1S/C19H28N6O2/c1-4-20-19(21-10-5-11-25-15(3)12-14(2)24-25)22-13-18(27)23-16-6-8-17(26)9-7-16/h6-9,12,26H,4-5,10-11,13H2,1-3H3,(H,23,27)(H2,20,21,22). The van der Waals surface area contributed by atoms with E-state index in [9.17, 15) is 9.90 Å². The Bertz CT molecular complexity index is 767. The number of anilines is 1. The number of carbonyl (C=O) groups excluding carboxylic acids is 1. The number of guanidine groups is 1. The van der Waals surface area contributed by atoms with Gasteiger partial charge in [-0.1, -0.05) is 0 Å². The minimum absolute atomic E-state index is 0.00761. The Labute approximate surface area is 159 Å². The zero-order valence-corrected chi connectivity index (χ0v) is 16.1. The van der Waals surface area contributed by atoms with Crippen molar-refractivity contribution in [2.24, 2.45) is 4.99 Å². The number of hydrogen-bond acceptors (Lipinski definition) is 4. The summed E-state index contributed by atoms with van der Waals surface area (Å²) in [6.07, 6.45) is 0.895. The monoisotopic (exact) mass is 372 g/mol. The number of amides is 1. The van der Waals surface area contributed by atoms with Crippen LogP contribution >= 0.6 is 0 Å². The van der Waals surface area contributed by atoms with Crippen LogP contribution in [0.25, 0.3) is 0 Å². The molecule has 0 radical (unpaired) electrons. The SMILES string of the molecule is CCNC(=NCC(=O)Nc1ccc(O)cc1)NCCCn1nc(C)cc1C. The molecule has 0 fully saturated rings. The van der Waals surface area contributed by atoms with Crippen molar-refractivity contribution in [3.63, 3.8) is 0 Å². The number of nitrogens with one attached hydrogen (secondary N) is 3. The number of hydrogen-bond donors (Lipinski definition) is 4. The van der Waals surface area contributed by atoms with Crippen LogP contribution < -0.4 is 16.0 Å². The number of aromatic nitrogens is 2. The lowest BCUT2D eigenvalue weighted by Gasteiger charge is -2.12. The Balaban J connectivity index is 1.77. The van der Waals surface area contributed by atoms with Crippen molar-refractivity contribution in [1.82, 2.24) is 20.4 Å². The summed E-state index contributed by atoms with van der Waals surface area (Å²) in [6, 6.07) is 8.38. The normalized spacial score (nSPS) is 11.3. The van der Waals surface area contributed by atoms with E-state index in [0.29, 0.717) is 18.2 Å². The first kappa shape index (κ1) is 20.3. The first-order valence-electron chi connectivity index (χ1n) is 9.10. The fourth-order valence-corrected chi connectivity index (χ4v) is 2.57. The Kier molecular flexibility index (Phi) is 7.66. The van der Waals surface area contributed by atoms with Crippen LogP contribution in [0.3, 0.4) is 0 Å². The minimum Gasteiger partial charge on any atom is -0.508 e. The second-order valence-corrected chi connectivity index (χ2v) is 6.22. The van der Waals surface area contributed by atoms with Crippen molar-refractivity contribution in [3.8, 4) is 5.75 Å². The molecular weight excluding hydrogens is 344 g/mol. The van der Waals surface area contributed by atoms with Crippen LogP contribution in [0.2, 0.25) is 0 Å². The van der Waals surface area contributed by atoms with Gasteiger partial charge in [0.15, 0.2) is 5.96 Å². The number of aryl methyl sites for hydroxylation is 3. The average molecular weight is 372 g/mol. The molecule has 8 heteroatoms. The highest BCUT2D eigenvalue weighted by molar-refractivity contribution is 5.94. The van der Waals surface area contributed by atoms with Crippen LogP contribution in [0.4, 0.5) is 5.69 Å². The van der Waals surface area contributed by atoms with Gasteiger partial charge in [0.2, 0.25) is 5.91 Å². The van der Waals surface area contributed by atoms with Crippen LogP contribution in [0.5, 0.6) is 5.75 Å². The molecule has 0 aliphatic carbocycles. The van der Waals surface area contributed by atoms with Crippen LogP contribution in [0, 0.1) is 13.8 Å². The molecule has 27 heavy (non-hydrogen) atoms. The van der Waals surface area contributed by atoms with Gasteiger partial charge in [-0.25, -0.2) is 4.99 Å². The lowest BCUT2D eigenvalue weighted by Crippen LogP contribution is -2.38. The zero-order valence-electron chi connectivity index (χ0n) is 16.1. The molecule has 0 aliphatic heterocycles. The van der Waals surface area contributed by atoms with Crippen LogP contribution in [-0.2, 0) is 11.3 Å². The molecular formula is C19H28N6O2. The third kappa shape index (κ3) is 7.01. The number of aliphatic imine (C=N–C) groups is 1. The van der Waals surface area contributed by atoms with Crippen LogP contribution in [0.1, 0.15) is 24.7 Å². The maximum Gasteiger partial charge on any atom is 0.246 e. The van der Waals surface area contributed by atoms with Gasteiger partial charge in [-0.3, -0.25) is 9.48 Å². The topological polar surface area (TPSA) is 104 Å². The van der Waals surface area contributed by atoms with E-state index in [0.717, 1.165) is 30.9 Å². The van der Waals surface area contributed by atoms with E-state index < -0.39 is 0 Å². The van der Waals surface area contributed by atoms with Gasteiger partial charge in [-0.15, -0.1) is 0 Å². The van der Waals surface area contributed by atoms with E-state index in [2.05, 4.69) is 32.1 Å². The van der Waals surface area contributed by atoms with Crippen molar-refractivity contribution in [1.29, 1.82) is 0 Å². The van der Waals surface area contributed by atoms with Crippen molar-refractivity contribution in [2.75, 3.05) is 25.0 Å². The molecule has 1 amide bonds. The van der Waals surface area contributed by atoms with E-state index in [1.807, 2.05) is 25.5 Å². The summed E-state index contributed by atoms with van der Waals surface area (Å²) in [6.45, 7) is 8.28. The summed E-state index contributed by atoms with van der Waals surface area (Å²) in [4.78, 5) is 16.3. The quantitative estimate of drug-likeness (QED) is 0.245. The molecule has 1 aromatic carbocycles. The molecule has 0 saturated carbocycles. The lowest BCUT2D eigenvalue weighted by molar-refractivity contribution is -0.114. The highest BCUT2D eigenvalue weighted by Crippen LogP contribution is 2.13. The molecule has 4 N–H and O–H groups in total. The zero-order chi connectivity index (χ0) is 19.6. The molecule has 1 aromatic heterocycles. The number of rotatable bonds is 8. The van der Waals surface area contributed by atoms with Gasteiger partial charge in [0.25, 0.3) is 0 Å². The predicted molar refractivity (Wildman–Crippen MR) is 107 cm³/mol. The summed E-state index contributed by atoms with van der Waals surface area (Å²) < 4.78 is 1.99. The van der Waals surface area contributed by atoms with Gasteiger partial charge in [0, 0.05) is 31.0 Å². The fourth-order valence-electron chi connectivity index (χ4n) is 2.57. The van der Waals surface area contributed by atoms with E-state index in [1.54, 1.807) is 12.1 Å². The largest absolute Gasteiger partial charge is 0.508 e. The van der Waals surface area contributed by atoms with Crippen LogP contribution in [-0.4, -0.2) is 46.4 Å². The number of benzene rings is 1. The summed E-state index contributed by atoms with van der Waals surface area (Å²) >= 11 is 0. The van der Waals surface area contributed by atoms with Crippen molar-refractivity contribution in [3.05, 3.63) is 41.7 Å². The highest BCUT2D eigenvalue weighted by Gasteiger charge is 2.04. The molecule has 0 bridgehead atoms. The molecule has 0 saturated heterocycles. The number of phenolic OH excluding ortho intramolecular Hbond substituents is 1. The van der Waals surface area contributed by atoms with Crippen molar-refractivity contribution >= 4 is 17.6 Å². The maximum absolute atomic E-state index is 12.0. The summed E-state index contributed by atoms with van der Waals surface area (Å²) in [5, 5.41) is 22.8. The maximum atomic E-state index is 12.0. The summed E-state index contributed by atoms with van der Waals surface area (Å²) in [5.74, 6) is 0.539. The van der Waals surface area contributed by atoms with Gasteiger partial charge < -0.3 is 21.1 Å². The molecule has 0 spiro atoms. The number of phenols is 1. The minimum atomic E-state index is -0.222. The molecule has 0 atom stereocenters. The van der Waals surface area contributed by atoms with Gasteiger partial charge in [0.1, 0.15) is 12.3 Å². The van der Waals surface area contributed by atoms with Crippen molar-refractivity contribution in [2.45, 2.75) is 33.7 Å². The third-order valence-corrected chi connectivity index (χ3v) is 3.82. The van der Waals surface area contributed by atoms with Gasteiger partial charge in [0.05, 0.1) is 5.69 Å². The average Bonchev–Trinajstić information content (AvgIpc) is 2.95. The number of carbonyl (C=O) groups is 1. The van der Waals surface area contributed by atoms with E-state index in [4.69, 9.17) is 0 Å². The first-order chi connectivity index (χ1) is 13.0. The highest BCUT2D eigenvalue weighted by atomic mass is 16.3. The number of nitrogens with zero attached hydrogens (tertiary/aromatic N) is 3. The second-order valence-electron chi connectivity index (χ2n) is 6.22. The van der Waals surface area contributed by atoms with E-state index >= 15 is 0 Å². The molecule has 0 unspecified atom stereocenters. The van der Waals surface area contributed by atoms with E-state index in [1.165, 1.54) is 12.1 Å². The van der Waals surface area contributed by atoms with Crippen LogP contribution in [0.15, 0.2) is 35.3 Å². The van der Waals surface area contributed by atoms with Crippen molar-refractivity contribution < 1.29 is 9.90 Å². The summed E-state index contributed by atoms with van der Waals surface area (Å²) in [7, 11) is 0. The smallest absolute Gasteiger partial charge is 0.246 e. The number of aromatic hydroxyl groups is 1. The van der Waals surface area contributed by atoms with E-state index in [-0.39, 0.29) is 18.2 Å². The Morgan fingerprint density at radius 1 is 1.22 bits per heavy atom. The molecule has 8 nitrogen and oxygen atoms in total. The Morgan fingerprint density at radius 3 is 2.59 bits per heavy atom. The van der Waals surface area contributed by atoms with Gasteiger partial charge in [-0.2, -0.15) is 5.10 Å². The third-order valence-electron chi connectivity index (χ3n) is 3.82.